The van der Waals surface area contributed by atoms with Gasteiger partial charge in [-0.2, -0.15) is 0 Å². The molecule has 0 spiro atoms. The number of nitrogens with one attached hydrogen (secondary N) is 1. The molecule has 27 heavy (non-hydrogen) atoms. The Kier molecular flexibility index (Phi) is 5.36. The molecule has 8 heteroatoms. The molecule has 0 bridgehead atoms. The van der Waals surface area contributed by atoms with E-state index in [4.69, 9.17) is 5.73 Å². The highest BCUT2D eigenvalue weighted by Gasteiger charge is 2.20. The number of fused-ring (bicyclic) bond motifs is 1. The Bertz CT molecular complexity index is 1060. The van der Waals surface area contributed by atoms with E-state index >= 15 is 0 Å². The van der Waals surface area contributed by atoms with E-state index in [2.05, 4.69) is 10.3 Å². The minimum Gasteiger partial charge on any atom is -0.368 e. The largest absolute Gasteiger partial charge is 0.368 e. The average molecular weight is 384 g/mol. The first-order valence-corrected chi connectivity index (χ1v) is 9.29. The summed E-state index contributed by atoms with van der Waals surface area (Å²) in [5.74, 6) is -1.01. The molecule has 140 valence electrons. The van der Waals surface area contributed by atoms with Crippen molar-refractivity contribution >= 4 is 33.4 Å². The number of carbonyl (C=O) groups is 2. The number of benzene rings is 1. The molecule has 2 amide bonds. The van der Waals surface area contributed by atoms with Crippen molar-refractivity contribution < 1.29 is 9.59 Å². The zero-order valence-corrected chi connectivity index (χ0v) is 15.9. The maximum Gasteiger partial charge on any atom is 0.262 e. The topological polar surface area (TPSA) is 107 Å². The SMILES string of the molecule is Cc1sc2ncn(CCC(=O)NC(C(N)=O)c3ccccc3)c(=O)c2c1C. The van der Waals surface area contributed by atoms with Gasteiger partial charge in [-0.15, -0.1) is 11.3 Å². The van der Waals surface area contributed by atoms with Gasteiger partial charge < -0.3 is 11.1 Å². The van der Waals surface area contributed by atoms with Crippen LogP contribution in [0.4, 0.5) is 0 Å². The molecule has 7 nitrogen and oxygen atoms in total. The Hall–Kier alpha value is -3.00. The highest BCUT2D eigenvalue weighted by atomic mass is 32.1. The van der Waals surface area contributed by atoms with E-state index in [1.807, 2.05) is 19.9 Å². The minimum absolute atomic E-state index is 0.0336. The van der Waals surface area contributed by atoms with Gasteiger partial charge in [0.15, 0.2) is 0 Å². The van der Waals surface area contributed by atoms with Crippen LogP contribution in [0, 0.1) is 13.8 Å². The van der Waals surface area contributed by atoms with Gasteiger partial charge in [-0.05, 0) is 25.0 Å². The molecule has 0 radical (unpaired) electrons. The summed E-state index contributed by atoms with van der Waals surface area (Å²) < 4.78 is 1.42. The number of nitrogens with two attached hydrogens (primary N) is 1. The van der Waals surface area contributed by atoms with Crippen LogP contribution in [0.15, 0.2) is 41.5 Å². The number of amides is 2. The van der Waals surface area contributed by atoms with Crippen molar-refractivity contribution in [3.05, 3.63) is 63.0 Å². The zero-order valence-electron chi connectivity index (χ0n) is 15.1. The fourth-order valence-corrected chi connectivity index (χ4v) is 3.84. The molecule has 0 aliphatic heterocycles. The number of nitrogens with zero attached hydrogens (tertiary/aromatic N) is 2. The zero-order chi connectivity index (χ0) is 19.6. The standard InChI is InChI=1S/C19H20N4O3S/c1-11-12(2)27-18-15(11)19(26)23(10-21-18)9-8-14(24)22-16(17(20)25)13-6-4-3-5-7-13/h3-7,10,16H,8-9H2,1-2H3,(H2,20,25)(H,22,24). The predicted molar refractivity (Wildman–Crippen MR) is 104 cm³/mol. The molecule has 0 fully saturated rings. The lowest BCUT2D eigenvalue weighted by atomic mass is 10.1. The van der Waals surface area contributed by atoms with Crippen LogP contribution in [0.3, 0.4) is 0 Å². The van der Waals surface area contributed by atoms with Crippen molar-refractivity contribution in [2.45, 2.75) is 32.9 Å². The molecular weight excluding hydrogens is 364 g/mol. The number of rotatable bonds is 6. The smallest absolute Gasteiger partial charge is 0.262 e. The number of primary amides is 1. The first-order chi connectivity index (χ1) is 12.9. The van der Waals surface area contributed by atoms with Crippen molar-refractivity contribution in [3.8, 4) is 0 Å². The number of hydrogen-bond donors (Lipinski definition) is 2. The maximum absolute atomic E-state index is 12.7. The quantitative estimate of drug-likeness (QED) is 0.676. The van der Waals surface area contributed by atoms with E-state index in [1.165, 1.54) is 22.2 Å². The lowest BCUT2D eigenvalue weighted by Crippen LogP contribution is -2.38. The second-order valence-corrected chi connectivity index (χ2v) is 7.47. The van der Waals surface area contributed by atoms with Crippen LogP contribution < -0.4 is 16.6 Å². The summed E-state index contributed by atoms with van der Waals surface area (Å²) in [4.78, 5) is 42.7. The van der Waals surface area contributed by atoms with Gasteiger partial charge in [0, 0.05) is 17.8 Å². The third-order valence-electron chi connectivity index (χ3n) is 4.46. The van der Waals surface area contributed by atoms with Crippen molar-refractivity contribution in [3.63, 3.8) is 0 Å². The number of hydrogen-bond acceptors (Lipinski definition) is 5. The van der Waals surface area contributed by atoms with Crippen LogP contribution in [-0.4, -0.2) is 21.4 Å². The Morgan fingerprint density at radius 1 is 1.26 bits per heavy atom. The molecule has 3 aromatic rings. The van der Waals surface area contributed by atoms with E-state index in [1.54, 1.807) is 24.3 Å². The summed E-state index contributed by atoms with van der Waals surface area (Å²) in [7, 11) is 0. The normalized spacial score (nSPS) is 12.1. The van der Waals surface area contributed by atoms with Crippen LogP contribution in [0.25, 0.3) is 10.2 Å². The Balaban J connectivity index is 1.73. The second kappa shape index (κ2) is 7.71. The predicted octanol–water partition coefficient (Wildman–Crippen LogP) is 1.81. The van der Waals surface area contributed by atoms with Gasteiger partial charge in [-0.25, -0.2) is 4.98 Å². The second-order valence-electron chi connectivity index (χ2n) is 6.27. The molecule has 2 aromatic heterocycles. The van der Waals surface area contributed by atoms with Crippen molar-refractivity contribution in [2.24, 2.45) is 5.73 Å². The summed E-state index contributed by atoms with van der Waals surface area (Å²) in [5, 5.41) is 3.22. The molecule has 0 aliphatic rings. The summed E-state index contributed by atoms with van der Waals surface area (Å²) >= 11 is 1.48. The van der Waals surface area contributed by atoms with Crippen LogP contribution in [0.1, 0.15) is 28.5 Å². The Morgan fingerprint density at radius 2 is 1.96 bits per heavy atom. The molecule has 2 heterocycles. The first-order valence-electron chi connectivity index (χ1n) is 8.47. The average Bonchev–Trinajstić information content (AvgIpc) is 2.94. The highest BCUT2D eigenvalue weighted by Crippen LogP contribution is 2.25. The molecule has 0 saturated heterocycles. The lowest BCUT2D eigenvalue weighted by Gasteiger charge is -2.16. The Morgan fingerprint density at radius 3 is 2.63 bits per heavy atom. The van der Waals surface area contributed by atoms with E-state index in [9.17, 15) is 14.4 Å². The van der Waals surface area contributed by atoms with Gasteiger partial charge >= 0.3 is 0 Å². The van der Waals surface area contributed by atoms with Crippen LogP contribution in [0.5, 0.6) is 0 Å². The third-order valence-corrected chi connectivity index (χ3v) is 5.57. The van der Waals surface area contributed by atoms with Gasteiger partial charge in [0.25, 0.3) is 5.56 Å². The van der Waals surface area contributed by atoms with Crippen molar-refractivity contribution in [1.29, 1.82) is 0 Å². The van der Waals surface area contributed by atoms with Crippen LogP contribution in [0.2, 0.25) is 0 Å². The molecule has 0 saturated carbocycles. The molecule has 1 unspecified atom stereocenters. The molecule has 3 rings (SSSR count). The molecule has 0 aliphatic carbocycles. The number of carbonyl (C=O) groups excluding carboxylic acids is 2. The molecular formula is C19H20N4O3S. The van der Waals surface area contributed by atoms with E-state index < -0.39 is 11.9 Å². The van der Waals surface area contributed by atoms with Gasteiger partial charge in [-0.3, -0.25) is 19.0 Å². The monoisotopic (exact) mass is 384 g/mol. The first kappa shape index (κ1) is 18.8. The summed E-state index contributed by atoms with van der Waals surface area (Å²) in [6.07, 6.45) is 1.49. The van der Waals surface area contributed by atoms with Gasteiger partial charge in [0.2, 0.25) is 11.8 Å². The van der Waals surface area contributed by atoms with E-state index in [0.717, 1.165) is 10.4 Å². The lowest BCUT2D eigenvalue weighted by molar-refractivity contribution is -0.127. The van der Waals surface area contributed by atoms with Crippen LogP contribution in [-0.2, 0) is 16.1 Å². The van der Waals surface area contributed by atoms with Crippen LogP contribution >= 0.6 is 11.3 Å². The van der Waals surface area contributed by atoms with E-state index in [0.29, 0.717) is 15.8 Å². The summed E-state index contributed by atoms with van der Waals surface area (Å²) in [6, 6.07) is 7.89. The number of aryl methyl sites for hydroxylation is 3. The van der Waals surface area contributed by atoms with Gasteiger partial charge in [0.1, 0.15) is 10.9 Å². The van der Waals surface area contributed by atoms with Crippen molar-refractivity contribution in [1.82, 2.24) is 14.9 Å². The summed E-state index contributed by atoms with van der Waals surface area (Å²) in [5.41, 5.74) is 6.78. The van der Waals surface area contributed by atoms with Gasteiger partial charge in [-0.1, -0.05) is 30.3 Å². The number of aromatic nitrogens is 2. The van der Waals surface area contributed by atoms with E-state index in [-0.39, 0.29) is 24.4 Å². The number of thiophene rings is 1. The Labute approximate surface area is 159 Å². The van der Waals surface area contributed by atoms with Gasteiger partial charge in [0.05, 0.1) is 11.7 Å². The van der Waals surface area contributed by atoms with Crippen molar-refractivity contribution in [2.75, 3.05) is 0 Å². The maximum atomic E-state index is 12.7. The third kappa shape index (κ3) is 3.90. The minimum atomic E-state index is -0.905. The summed E-state index contributed by atoms with van der Waals surface area (Å²) in [6.45, 7) is 4.01. The fraction of sp³-hybridized carbons (Fsp3) is 0.263. The molecule has 3 N–H and O–H groups in total. The fourth-order valence-electron chi connectivity index (χ4n) is 2.85. The highest BCUT2D eigenvalue weighted by molar-refractivity contribution is 7.18. The molecule has 1 atom stereocenters. The molecule has 1 aromatic carbocycles.